The van der Waals surface area contributed by atoms with Crippen LogP contribution in [0, 0.1) is 0 Å². The fraction of sp³-hybridized carbons (Fsp3) is 0.533. The molecule has 1 aromatic heterocycles. The van der Waals surface area contributed by atoms with Gasteiger partial charge in [0.25, 0.3) is 0 Å². The first-order valence-electron chi connectivity index (χ1n) is 7.34. The third kappa shape index (κ3) is 2.70. The lowest BCUT2D eigenvalue weighted by Gasteiger charge is -2.31. The Balaban J connectivity index is 2.57. The lowest BCUT2D eigenvalue weighted by atomic mass is 9.89. The lowest BCUT2D eigenvalue weighted by molar-refractivity contribution is 0.223. The van der Waals surface area contributed by atoms with Crippen molar-refractivity contribution < 1.29 is 4.74 Å². The van der Waals surface area contributed by atoms with Crippen molar-refractivity contribution in [2.75, 3.05) is 12.8 Å². The van der Waals surface area contributed by atoms with Gasteiger partial charge < -0.3 is 10.5 Å². The number of nitrogen functional groups attached to an aromatic ring is 1. The molecule has 2 aromatic rings. The highest BCUT2D eigenvalue weighted by molar-refractivity contribution is 5.64. The zero-order valence-corrected chi connectivity index (χ0v) is 13.1. The van der Waals surface area contributed by atoms with Gasteiger partial charge in [0, 0.05) is 17.3 Å². The Bertz CT molecular complexity index is 596. The maximum Gasteiger partial charge on any atom is 0.182 e. The van der Waals surface area contributed by atoms with E-state index in [4.69, 9.17) is 10.5 Å². The molecule has 6 heteroatoms. The van der Waals surface area contributed by atoms with Crippen molar-refractivity contribution in [3.8, 4) is 17.1 Å². The quantitative estimate of drug-likeness (QED) is 0.827. The van der Waals surface area contributed by atoms with Crippen molar-refractivity contribution in [1.82, 2.24) is 20.2 Å². The number of nitrogens with two attached hydrogens (primary N) is 1. The number of hydrogen-bond donors (Lipinski definition) is 1. The van der Waals surface area contributed by atoms with Crippen LogP contribution in [0.1, 0.15) is 40.0 Å². The van der Waals surface area contributed by atoms with E-state index in [-0.39, 0.29) is 5.54 Å². The van der Waals surface area contributed by atoms with Gasteiger partial charge in [-0.3, -0.25) is 0 Å². The van der Waals surface area contributed by atoms with Gasteiger partial charge in [-0.05, 0) is 41.8 Å². The van der Waals surface area contributed by atoms with Crippen LogP contribution >= 0.6 is 0 Å². The van der Waals surface area contributed by atoms with E-state index in [9.17, 15) is 0 Å². The summed E-state index contributed by atoms with van der Waals surface area (Å²) in [4.78, 5) is 0. The molecule has 0 fully saturated rings. The Labute approximate surface area is 125 Å². The lowest BCUT2D eigenvalue weighted by Crippen LogP contribution is -2.33. The summed E-state index contributed by atoms with van der Waals surface area (Å²) >= 11 is 0. The smallest absolute Gasteiger partial charge is 0.182 e. The Kier molecular flexibility index (Phi) is 4.45. The van der Waals surface area contributed by atoms with Crippen LogP contribution in [0.25, 0.3) is 11.4 Å². The van der Waals surface area contributed by atoms with E-state index in [0.29, 0.717) is 11.4 Å². The van der Waals surface area contributed by atoms with Crippen LogP contribution in [0.4, 0.5) is 5.69 Å². The molecule has 0 aliphatic carbocycles. The van der Waals surface area contributed by atoms with Gasteiger partial charge in [0.05, 0.1) is 12.6 Å². The van der Waals surface area contributed by atoms with Gasteiger partial charge in [-0.25, -0.2) is 4.68 Å². The van der Waals surface area contributed by atoms with Crippen LogP contribution < -0.4 is 10.5 Å². The fourth-order valence-corrected chi connectivity index (χ4v) is 2.75. The van der Waals surface area contributed by atoms with Gasteiger partial charge in [0.2, 0.25) is 0 Å². The summed E-state index contributed by atoms with van der Waals surface area (Å²) in [6.07, 6.45) is 2.91. The molecule has 0 bridgehead atoms. The molecule has 1 heterocycles. The Morgan fingerprint density at radius 2 is 1.81 bits per heavy atom. The first-order chi connectivity index (χ1) is 10.1. The number of hydrogen-bond acceptors (Lipinski definition) is 5. The van der Waals surface area contributed by atoms with Gasteiger partial charge in [-0.1, -0.05) is 20.8 Å². The number of benzene rings is 1. The van der Waals surface area contributed by atoms with E-state index in [1.807, 2.05) is 16.8 Å². The van der Waals surface area contributed by atoms with E-state index in [0.717, 1.165) is 30.7 Å². The minimum Gasteiger partial charge on any atom is -0.497 e. The Morgan fingerprint density at radius 3 is 2.38 bits per heavy atom. The Hall–Kier alpha value is -2.11. The predicted octanol–water partition coefficient (Wildman–Crippen LogP) is 2.86. The van der Waals surface area contributed by atoms with Gasteiger partial charge in [-0.2, -0.15) is 0 Å². The van der Waals surface area contributed by atoms with Gasteiger partial charge in [0.15, 0.2) is 5.82 Å². The van der Waals surface area contributed by atoms with Crippen molar-refractivity contribution in [1.29, 1.82) is 0 Å². The van der Waals surface area contributed by atoms with Crippen LogP contribution in [0.15, 0.2) is 18.2 Å². The topological polar surface area (TPSA) is 78.9 Å². The fourth-order valence-electron chi connectivity index (χ4n) is 2.75. The van der Waals surface area contributed by atoms with E-state index < -0.39 is 0 Å². The second kappa shape index (κ2) is 6.11. The van der Waals surface area contributed by atoms with Crippen molar-refractivity contribution in [3.63, 3.8) is 0 Å². The van der Waals surface area contributed by atoms with Gasteiger partial charge in [-0.15, -0.1) is 5.10 Å². The monoisotopic (exact) mass is 289 g/mol. The zero-order valence-electron chi connectivity index (χ0n) is 13.1. The highest BCUT2D eigenvalue weighted by atomic mass is 16.5. The average Bonchev–Trinajstić information content (AvgIpc) is 2.99. The molecule has 0 aliphatic rings. The number of aromatic nitrogens is 4. The average molecular weight is 289 g/mol. The zero-order chi connectivity index (χ0) is 15.5. The molecule has 0 saturated heterocycles. The van der Waals surface area contributed by atoms with Gasteiger partial charge in [0.1, 0.15) is 5.75 Å². The number of anilines is 1. The number of methoxy groups -OCH3 is 1. The minimum atomic E-state index is -0.0727. The minimum absolute atomic E-state index is 0.0727. The van der Waals surface area contributed by atoms with Crippen LogP contribution in [0.5, 0.6) is 5.75 Å². The van der Waals surface area contributed by atoms with Gasteiger partial charge >= 0.3 is 0 Å². The normalized spacial score (nSPS) is 11.6. The highest BCUT2D eigenvalue weighted by Gasteiger charge is 2.31. The van der Waals surface area contributed by atoms with E-state index >= 15 is 0 Å². The molecule has 0 saturated carbocycles. The summed E-state index contributed by atoms with van der Waals surface area (Å²) in [5.41, 5.74) is 7.37. The molecule has 2 N–H and O–H groups in total. The largest absolute Gasteiger partial charge is 0.497 e. The SMILES string of the molecule is CCC(CC)(CC)n1nnnc1-c1cc(N)cc(OC)c1. The molecule has 2 rings (SSSR count). The van der Waals surface area contributed by atoms with Crippen molar-refractivity contribution in [2.24, 2.45) is 0 Å². The summed E-state index contributed by atoms with van der Waals surface area (Å²) in [6, 6.07) is 5.56. The summed E-state index contributed by atoms with van der Waals surface area (Å²) in [5, 5.41) is 12.3. The summed E-state index contributed by atoms with van der Waals surface area (Å²) in [6.45, 7) is 6.50. The van der Waals surface area contributed by atoms with Crippen LogP contribution in [-0.4, -0.2) is 27.3 Å². The summed E-state index contributed by atoms with van der Waals surface area (Å²) < 4.78 is 7.21. The first kappa shape index (κ1) is 15.3. The number of rotatable bonds is 6. The van der Waals surface area contributed by atoms with E-state index in [2.05, 4.69) is 36.3 Å². The molecule has 114 valence electrons. The molecular weight excluding hydrogens is 266 g/mol. The van der Waals surface area contributed by atoms with Crippen LogP contribution in [-0.2, 0) is 5.54 Å². The molecule has 1 aromatic carbocycles. The van der Waals surface area contributed by atoms with Crippen molar-refractivity contribution in [3.05, 3.63) is 18.2 Å². The molecule has 21 heavy (non-hydrogen) atoms. The Morgan fingerprint density at radius 1 is 1.14 bits per heavy atom. The molecule has 0 amide bonds. The van der Waals surface area contributed by atoms with Crippen molar-refractivity contribution >= 4 is 5.69 Å². The third-order valence-electron chi connectivity index (χ3n) is 4.32. The van der Waals surface area contributed by atoms with E-state index in [1.165, 1.54) is 0 Å². The van der Waals surface area contributed by atoms with E-state index in [1.54, 1.807) is 13.2 Å². The maximum atomic E-state index is 5.94. The third-order valence-corrected chi connectivity index (χ3v) is 4.32. The highest BCUT2D eigenvalue weighted by Crippen LogP contribution is 2.33. The summed E-state index contributed by atoms with van der Waals surface area (Å²) in [5.74, 6) is 1.43. The molecule has 0 aliphatic heterocycles. The number of tetrazole rings is 1. The molecule has 0 unspecified atom stereocenters. The molecular formula is C15H23N5O. The molecule has 0 spiro atoms. The summed E-state index contributed by atoms with van der Waals surface area (Å²) in [7, 11) is 1.62. The molecule has 6 nitrogen and oxygen atoms in total. The molecule has 0 radical (unpaired) electrons. The number of nitrogens with zero attached hydrogens (tertiary/aromatic N) is 4. The maximum absolute atomic E-state index is 5.94. The van der Waals surface area contributed by atoms with Crippen LogP contribution in [0.2, 0.25) is 0 Å². The molecule has 0 atom stereocenters. The number of ether oxygens (including phenoxy) is 1. The second-order valence-corrected chi connectivity index (χ2v) is 5.19. The second-order valence-electron chi connectivity index (χ2n) is 5.19. The predicted molar refractivity (Wildman–Crippen MR) is 83.1 cm³/mol. The van der Waals surface area contributed by atoms with Crippen LogP contribution in [0.3, 0.4) is 0 Å². The standard InChI is InChI=1S/C15H23N5O/c1-5-15(6-2,7-3)20-14(17-18-19-20)11-8-12(16)10-13(9-11)21-4/h8-10H,5-7,16H2,1-4H3. The first-order valence-corrected chi connectivity index (χ1v) is 7.34. The van der Waals surface area contributed by atoms with Crippen molar-refractivity contribution in [2.45, 2.75) is 45.6 Å².